The van der Waals surface area contributed by atoms with E-state index in [-0.39, 0.29) is 5.78 Å². The molecule has 0 bridgehead atoms. The first-order valence-corrected chi connectivity index (χ1v) is 12.3. The van der Waals surface area contributed by atoms with Crippen LogP contribution in [0.3, 0.4) is 0 Å². The molecule has 8 heteroatoms. The molecule has 166 valence electrons. The van der Waals surface area contributed by atoms with E-state index in [9.17, 15) is 4.79 Å². The molecule has 0 N–H and O–H groups in total. The van der Waals surface area contributed by atoms with E-state index in [0.29, 0.717) is 17.5 Å². The Kier molecular flexibility index (Phi) is 7.24. The number of carbonyl (C=O) groups is 1. The Morgan fingerprint density at radius 1 is 1.12 bits per heavy atom. The maximum atomic E-state index is 13.1. The summed E-state index contributed by atoms with van der Waals surface area (Å²) >= 11 is 3.05. The summed E-state index contributed by atoms with van der Waals surface area (Å²) in [7, 11) is 1.71. The molecule has 3 heterocycles. The average Bonchev–Trinajstić information content (AvgIpc) is 3.53. The van der Waals surface area contributed by atoms with Gasteiger partial charge in [-0.15, -0.1) is 21.5 Å². The molecule has 6 nitrogen and oxygen atoms in total. The van der Waals surface area contributed by atoms with Crippen LogP contribution in [0, 0.1) is 13.8 Å². The van der Waals surface area contributed by atoms with Gasteiger partial charge in [0.2, 0.25) is 0 Å². The third kappa shape index (κ3) is 4.72. The fraction of sp³-hybridized carbons (Fsp3) is 0.292. The van der Waals surface area contributed by atoms with Gasteiger partial charge >= 0.3 is 0 Å². The van der Waals surface area contributed by atoms with Gasteiger partial charge in [-0.05, 0) is 49.9 Å². The van der Waals surface area contributed by atoms with E-state index in [4.69, 9.17) is 4.74 Å². The highest BCUT2D eigenvalue weighted by Gasteiger charge is 2.20. The van der Waals surface area contributed by atoms with Gasteiger partial charge in [0.1, 0.15) is 0 Å². The summed E-state index contributed by atoms with van der Waals surface area (Å²) in [6.07, 6.45) is 0.918. The molecule has 0 aliphatic heterocycles. The molecular weight excluding hydrogens is 440 g/mol. The van der Waals surface area contributed by atoms with Crippen molar-refractivity contribution in [2.75, 3.05) is 19.5 Å². The quantitative estimate of drug-likeness (QED) is 0.177. The predicted octanol–water partition coefficient (Wildman–Crippen LogP) is 5.43. The van der Waals surface area contributed by atoms with Crippen molar-refractivity contribution in [3.05, 3.63) is 70.9 Å². The van der Waals surface area contributed by atoms with Crippen molar-refractivity contribution in [2.24, 2.45) is 0 Å². The number of hydrogen-bond acceptors (Lipinski definition) is 6. The number of methoxy groups -OCH3 is 1. The van der Waals surface area contributed by atoms with Gasteiger partial charge in [0.25, 0.3) is 0 Å². The first kappa shape index (κ1) is 22.5. The molecule has 0 unspecified atom stereocenters. The highest BCUT2D eigenvalue weighted by molar-refractivity contribution is 7.99. The largest absolute Gasteiger partial charge is 0.385 e. The van der Waals surface area contributed by atoms with E-state index in [1.54, 1.807) is 18.4 Å². The molecule has 0 aliphatic carbocycles. The number of ketones is 1. The van der Waals surface area contributed by atoms with E-state index in [1.807, 2.05) is 72.3 Å². The molecule has 0 aliphatic rings. The normalized spacial score (nSPS) is 11.2. The molecule has 0 fully saturated rings. The van der Waals surface area contributed by atoms with Gasteiger partial charge in [0, 0.05) is 42.9 Å². The van der Waals surface area contributed by atoms with E-state index in [2.05, 4.69) is 14.8 Å². The molecule has 4 aromatic rings. The zero-order valence-electron chi connectivity index (χ0n) is 18.4. The Labute approximate surface area is 196 Å². The van der Waals surface area contributed by atoms with Crippen LogP contribution in [0.15, 0.2) is 59.1 Å². The Morgan fingerprint density at radius 2 is 1.94 bits per heavy atom. The SMILES string of the molecule is COCCCn1c(C)cc(C(=O)CSc2nnc(-c3cccs3)n2-c2ccccc2)c1C. The Balaban J connectivity index is 1.56. The van der Waals surface area contributed by atoms with E-state index in [1.165, 1.54) is 11.8 Å². The fourth-order valence-electron chi connectivity index (χ4n) is 3.74. The molecule has 1 aromatic carbocycles. The number of benzene rings is 1. The van der Waals surface area contributed by atoms with Crippen LogP contribution in [0.1, 0.15) is 28.2 Å². The number of thiophene rings is 1. The summed E-state index contributed by atoms with van der Waals surface area (Å²) < 4.78 is 9.38. The number of aryl methyl sites for hydroxylation is 1. The number of rotatable bonds is 10. The minimum absolute atomic E-state index is 0.0985. The lowest BCUT2D eigenvalue weighted by molar-refractivity contribution is 0.102. The van der Waals surface area contributed by atoms with Crippen LogP contribution in [0.2, 0.25) is 0 Å². The van der Waals surface area contributed by atoms with Gasteiger partial charge in [-0.3, -0.25) is 9.36 Å². The van der Waals surface area contributed by atoms with Crippen molar-refractivity contribution in [3.8, 4) is 16.4 Å². The molecule has 0 radical (unpaired) electrons. The van der Waals surface area contributed by atoms with Gasteiger partial charge < -0.3 is 9.30 Å². The Bertz CT molecular complexity index is 1180. The number of aromatic nitrogens is 4. The maximum Gasteiger partial charge on any atom is 0.196 e. The van der Waals surface area contributed by atoms with Crippen LogP contribution in [0.25, 0.3) is 16.4 Å². The first-order chi connectivity index (χ1) is 15.6. The van der Waals surface area contributed by atoms with Crippen LogP contribution < -0.4 is 0 Å². The number of thioether (sulfide) groups is 1. The number of carbonyl (C=O) groups excluding carboxylic acids is 1. The molecule has 0 spiro atoms. The van der Waals surface area contributed by atoms with Gasteiger partial charge in [-0.25, -0.2) is 0 Å². The second-order valence-electron chi connectivity index (χ2n) is 7.45. The third-order valence-corrected chi connectivity index (χ3v) is 7.12. The summed E-state index contributed by atoms with van der Waals surface area (Å²) in [4.78, 5) is 14.1. The predicted molar refractivity (Wildman–Crippen MR) is 130 cm³/mol. The van der Waals surface area contributed by atoms with E-state index < -0.39 is 0 Å². The average molecular weight is 467 g/mol. The summed E-state index contributed by atoms with van der Waals surface area (Å²) in [5.41, 5.74) is 3.86. The van der Waals surface area contributed by atoms with E-state index >= 15 is 0 Å². The lowest BCUT2D eigenvalue weighted by Crippen LogP contribution is -2.08. The second kappa shape index (κ2) is 10.3. The molecule has 4 rings (SSSR count). The Morgan fingerprint density at radius 3 is 2.66 bits per heavy atom. The standard InChI is InChI=1S/C24H26N4O2S2/c1-17-15-20(18(2)27(17)12-8-13-30-3)21(29)16-32-24-26-25-23(22-11-7-14-31-22)28(24)19-9-5-4-6-10-19/h4-7,9-11,14-15H,8,12-13,16H2,1-3H3. The topological polar surface area (TPSA) is 61.9 Å². The smallest absolute Gasteiger partial charge is 0.196 e. The lowest BCUT2D eigenvalue weighted by atomic mass is 10.2. The second-order valence-corrected chi connectivity index (χ2v) is 9.34. The third-order valence-electron chi connectivity index (χ3n) is 5.33. The van der Waals surface area contributed by atoms with Crippen LogP contribution in [-0.4, -0.2) is 44.6 Å². The van der Waals surface area contributed by atoms with Crippen molar-refractivity contribution in [1.82, 2.24) is 19.3 Å². The van der Waals surface area contributed by atoms with Gasteiger partial charge in [-0.1, -0.05) is 36.0 Å². The van der Waals surface area contributed by atoms with Crippen molar-refractivity contribution in [1.29, 1.82) is 0 Å². The summed E-state index contributed by atoms with van der Waals surface area (Å²) in [5, 5.41) is 11.6. The van der Waals surface area contributed by atoms with Crippen LogP contribution in [0.4, 0.5) is 0 Å². The van der Waals surface area contributed by atoms with Crippen LogP contribution in [-0.2, 0) is 11.3 Å². The summed E-state index contributed by atoms with van der Waals surface area (Å²) in [5.74, 6) is 1.19. The molecule has 0 saturated carbocycles. The van der Waals surface area contributed by atoms with Crippen molar-refractivity contribution >= 4 is 28.9 Å². The van der Waals surface area contributed by atoms with Crippen molar-refractivity contribution in [2.45, 2.75) is 32.0 Å². The monoisotopic (exact) mass is 466 g/mol. The van der Waals surface area contributed by atoms with Gasteiger partial charge in [0.05, 0.1) is 10.6 Å². The van der Waals surface area contributed by atoms with E-state index in [0.717, 1.165) is 46.3 Å². The van der Waals surface area contributed by atoms with Crippen LogP contribution in [0.5, 0.6) is 0 Å². The molecule has 0 saturated heterocycles. The molecule has 3 aromatic heterocycles. The highest BCUT2D eigenvalue weighted by atomic mass is 32.2. The molecule has 0 amide bonds. The lowest BCUT2D eigenvalue weighted by Gasteiger charge is -2.10. The number of Topliss-reactive ketones (excluding diaryl/α,β-unsaturated/α-hetero) is 1. The minimum atomic E-state index is 0.0985. The maximum absolute atomic E-state index is 13.1. The molecule has 32 heavy (non-hydrogen) atoms. The first-order valence-electron chi connectivity index (χ1n) is 10.5. The number of hydrogen-bond donors (Lipinski definition) is 0. The summed E-state index contributed by atoms with van der Waals surface area (Å²) in [6, 6.07) is 16.0. The highest BCUT2D eigenvalue weighted by Crippen LogP contribution is 2.31. The van der Waals surface area contributed by atoms with Crippen molar-refractivity contribution in [3.63, 3.8) is 0 Å². The zero-order chi connectivity index (χ0) is 22.5. The molecular formula is C24H26N4O2S2. The fourth-order valence-corrected chi connectivity index (χ4v) is 5.27. The Hall–Kier alpha value is -2.68. The minimum Gasteiger partial charge on any atom is -0.385 e. The zero-order valence-corrected chi connectivity index (χ0v) is 20.1. The molecule has 0 atom stereocenters. The summed E-state index contributed by atoms with van der Waals surface area (Å²) in [6.45, 7) is 5.61. The van der Waals surface area contributed by atoms with Crippen LogP contribution >= 0.6 is 23.1 Å². The number of ether oxygens (including phenoxy) is 1. The van der Waals surface area contributed by atoms with Gasteiger partial charge in [0.15, 0.2) is 16.8 Å². The number of nitrogens with zero attached hydrogens (tertiary/aromatic N) is 4. The number of para-hydroxylation sites is 1. The van der Waals surface area contributed by atoms with Crippen molar-refractivity contribution < 1.29 is 9.53 Å². The van der Waals surface area contributed by atoms with Gasteiger partial charge in [-0.2, -0.15) is 0 Å².